The lowest BCUT2D eigenvalue weighted by atomic mass is 10.2. The second-order valence-electron chi connectivity index (χ2n) is 3.99. The third-order valence-corrected chi connectivity index (χ3v) is 4.69. The second-order valence-corrected chi connectivity index (χ2v) is 7.30. The summed E-state index contributed by atoms with van der Waals surface area (Å²) in [6, 6.07) is 1.67. The normalized spacial score (nSPS) is 13.4. The second kappa shape index (κ2) is 5.97. The van der Waals surface area contributed by atoms with Gasteiger partial charge >= 0.3 is 0 Å². The molecule has 0 saturated heterocycles. The summed E-state index contributed by atoms with van der Waals surface area (Å²) in [6.07, 6.45) is 0. The van der Waals surface area contributed by atoms with E-state index in [0.717, 1.165) is 12.1 Å². The number of halogens is 3. The van der Waals surface area contributed by atoms with Crippen LogP contribution in [0.2, 0.25) is 0 Å². The summed E-state index contributed by atoms with van der Waals surface area (Å²) in [4.78, 5) is 0. The molecule has 1 aromatic rings. The fourth-order valence-electron chi connectivity index (χ4n) is 1.47. The minimum Gasteiger partial charge on any atom is -0.377 e. The van der Waals surface area contributed by atoms with Gasteiger partial charge in [-0.15, -0.1) is 0 Å². The van der Waals surface area contributed by atoms with E-state index in [1.165, 1.54) is 6.92 Å². The Balaban J connectivity index is 2.86. The summed E-state index contributed by atoms with van der Waals surface area (Å²) >= 11 is 2.97. The van der Waals surface area contributed by atoms with E-state index in [2.05, 4.69) is 21.2 Å². The van der Waals surface area contributed by atoms with Gasteiger partial charge in [-0.2, -0.15) is 0 Å². The lowest BCUT2D eigenvalue weighted by Gasteiger charge is -2.16. The average Bonchev–Trinajstić information content (AvgIpc) is 2.22. The number of hydrogen-bond donors (Lipinski definition) is 1. The molecular formula is C11H14BrF2NO2S. The summed E-state index contributed by atoms with van der Waals surface area (Å²) in [5.74, 6) is -1.69. The first-order chi connectivity index (χ1) is 8.25. The van der Waals surface area contributed by atoms with Gasteiger partial charge < -0.3 is 5.32 Å². The van der Waals surface area contributed by atoms with Crippen LogP contribution in [-0.2, 0) is 9.84 Å². The van der Waals surface area contributed by atoms with Crippen LogP contribution >= 0.6 is 15.9 Å². The van der Waals surface area contributed by atoms with Crippen molar-refractivity contribution in [3.63, 3.8) is 0 Å². The van der Waals surface area contributed by atoms with Crippen molar-refractivity contribution in [1.29, 1.82) is 0 Å². The van der Waals surface area contributed by atoms with E-state index in [1.807, 2.05) is 0 Å². The maximum absolute atomic E-state index is 13.5. The van der Waals surface area contributed by atoms with Crippen molar-refractivity contribution in [3.8, 4) is 0 Å². The van der Waals surface area contributed by atoms with Gasteiger partial charge in [-0.3, -0.25) is 0 Å². The van der Waals surface area contributed by atoms with Crippen molar-refractivity contribution in [1.82, 2.24) is 0 Å². The molecule has 1 atom stereocenters. The van der Waals surface area contributed by atoms with Gasteiger partial charge in [-0.05, 0) is 19.1 Å². The molecule has 0 spiro atoms. The van der Waals surface area contributed by atoms with Crippen molar-refractivity contribution < 1.29 is 17.2 Å². The quantitative estimate of drug-likeness (QED) is 0.895. The van der Waals surface area contributed by atoms with Crippen LogP contribution in [0.4, 0.5) is 14.5 Å². The number of nitrogens with one attached hydrogen (secondary N) is 1. The summed E-state index contributed by atoms with van der Waals surface area (Å²) in [5, 5.41) is 2.55. The van der Waals surface area contributed by atoms with Crippen molar-refractivity contribution >= 4 is 31.5 Å². The number of hydrogen-bond acceptors (Lipinski definition) is 3. The van der Waals surface area contributed by atoms with E-state index in [1.54, 1.807) is 6.92 Å². The third-order valence-electron chi connectivity index (χ3n) is 2.34. The Hall–Kier alpha value is -0.690. The molecule has 0 radical (unpaired) electrons. The molecule has 0 aliphatic heterocycles. The Morgan fingerprint density at radius 2 is 1.83 bits per heavy atom. The van der Waals surface area contributed by atoms with Crippen LogP contribution in [0.25, 0.3) is 0 Å². The van der Waals surface area contributed by atoms with Crippen molar-refractivity contribution in [3.05, 3.63) is 28.2 Å². The van der Waals surface area contributed by atoms with Crippen LogP contribution < -0.4 is 5.32 Å². The fourth-order valence-corrected chi connectivity index (χ4v) is 2.95. The Labute approximate surface area is 114 Å². The zero-order valence-corrected chi connectivity index (χ0v) is 12.4. The van der Waals surface area contributed by atoms with Gasteiger partial charge in [0.15, 0.2) is 9.84 Å². The van der Waals surface area contributed by atoms with E-state index in [4.69, 9.17) is 0 Å². The molecule has 0 aliphatic rings. The number of sulfone groups is 1. The van der Waals surface area contributed by atoms with E-state index < -0.39 is 27.5 Å². The van der Waals surface area contributed by atoms with Crippen LogP contribution in [0.3, 0.4) is 0 Å². The number of benzene rings is 1. The van der Waals surface area contributed by atoms with Gasteiger partial charge in [0.2, 0.25) is 0 Å². The number of anilines is 1. The van der Waals surface area contributed by atoms with Crippen LogP contribution in [0.5, 0.6) is 0 Å². The topological polar surface area (TPSA) is 46.2 Å². The Bertz CT molecular complexity index is 511. The highest BCUT2D eigenvalue weighted by atomic mass is 79.9. The maximum Gasteiger partial charge on any atom is 0.152 e. The minimum absolute atomic E-state index is 0.00429. The summed E-state index contributed by atoms with van der Waals surface area (Å²) < 4.78 is 50.1. The molecule has 1 N–H and O–H groups in total. The predicted octanol–water partition coefficient (Wildman–Crippen LogP) is 2.96. The van der Waals surface area contributed by atoms with Crippen molar-refractivity contribution in [2.75, 3.05) is 16.8 Å². The molecular weight excluding hydrogens is 328 g/mol. The van der Waals surface area contributed by atoms with E-state index in [-0.39, 0.29) is 21.7 Å². The summed E-state index contributed by atoms with van der Waals surface area (Å²) in [7, 11) is -3.19. The van der Waals surface area contributed by atoms with Crippen LogP contribution in [0.15, 0.2) is 16.6 Å². The van der Waals surface area contributed by atoms with Gasteiger partial charge in [0.05, 0.1) is 5.75 Å². The van der Waals surface area contributed by atoms with E-state index in [0.29, 0.717) is 0 Å². The highest BCUT2D eigenvalue weighted by Gasteiger charge is 2.17. The van der Waals surface area contributed by atoms with E-state index in [9.17, 15) is 17.2 Å². The first-order valence-electron chi connectivity index (χ1n) is 5.36. The molecule has 0 bridgehead atoms. The number of rotatable bonds is 5. The molecule has 1 aromatic carbocycles. The van der Waals surface area contributed by atoms with Crippen LogP contribution in [-0.4, -0.2) is 26.0 Å². The summed E-state index contributed by atoms with van der Waals surface area (Å²) in [5.41, 5.74) is -0.308. The molecule has 0 heterocycles. The molecule has 0 aromatic heterocycles. The smallest absolute Gasteiger partial charge is 0.152 e. The lowest BCUT2D eigenvalue weighted by molar-refractivity contribution is 0.578. The van der Waals surface area contributed by atoms with Gasteiger partial charge in [-0.1, -0.05) is 22.9 Å². The molecule has 102 valence electrons. The molecule has 0 saturated carbocycles. The van der Waals surface area contributed by atoms with Gasteiger partial charge in [-0.25, -0.2) is 17.2 Å². The SMILES string of the molecule is CCS(=O)(=O)CC(C)Nc1c(F)cc(Br)cc1F. The Morgan fingerprint density at radius 3 is 2.28 bits per heavy atom. The molecule has 1 unspecified atom stereocenters. The molecule has 18 heavy (non-hydrogen) atoms. The summed E-state index contributed by atoms with van der Waals surface area (Å²) in [6.45, 7) is 3.09. The molecule has 7 heteroatoms. The monoisotopic (exact) mass is 341 g/mol. The minimum atomic E-state index is -3.19. The van der Waals surface area contributed by atoms with Crippen molar-refractivity contribution in [2.24, 2.45) is 0 Å². The average molecular weight is 342 g/mol. The fraction of sp³-hybridized carbons (Fsp3) is 0.455. The molecule has 1 rings (SSSR count). The molecule has 3 nitrogen and oxygen atoms in total. The first kappa shape index (κ1) is 15.4. The standard InChI is InChI=1S/C11H14BrF2NO2S/c1-3-18(16,17)6-7(2)15-11-9(13)4-8(12)5-10(11)14/h4-5,7,15H,3,6H2,1-2H3. The largest absolute Gasteiger partial charge is 0.377 e. The van der Waals surface area contributed by atoms with Gasteiger partial charge in [0, 0.05) is 16.3 Å². The zero-order chi connectivity index (χ0) is 13.9. The van der Waals surface area contributed by atoms with E-state index >= 15 is 0 Å². The first-order valence-corrected chi connectivity index (χ1v) is 7.98. The molecule has 0 aliphatic carbocycles. The van der Waals surface area contributed by atoms with Crippen molar-refractivity contribution in [2.45, 2.75) is 19.9 Å². The highest BCUT2D eigenvalue weighted by Crippen LogP contribution is 2.24. The van der Waals surface area contributed by atoms with Crippen LogP contribution in [0.1, 0.15) is 13.8 Å². The van der Waals surface area contributed by atoms with Gasteiger partial charge in [0.25, 0.3) is 0 Å². The third kappa shape index (κ3) is 4.20. The lowest BCUT2D eigenvalue weighted by Crippen LogP contribution is -2.27. The maximum atomic E-state index is 13.5. The predicted molar refractivity (Wildman–Crippen MR) is 71.5 cm³/mol. The van der Waals surface area contributed by atoms with Gasteiger partial charge in [0.1, 0.15) is 17.3 Å². The zero-order valence-electron chi connectivity index (χ0n) is 10.0. The Kier molecular flexibility index (Phi) is 5.10. The van der Waals surface area contributed by atoms with Crippen LogP contribution in [0, 0.1) is 11.6 Å². The Morgan fingerprint density at radius 1 is 1.33 bits per heavy atom. The molecule has 0 fully saturated rings. The molecule has 0 amide bonds. The highest BCUT2D eigenvalue weighted by molar-refractivity contribution is 9.10.